The Labute approximate surface area is 114 Å². The number of methoxy groups -OCH3 is 1. The van der Waals surface area contributed by atoms with Crippen LogP contribution in [0, 0.1) is 0 Å². The van der Waals surface area contributed by atoms with Gasteiger partial charge in [0, 0.05) is 0 Å². The van der Waals surface area contributed by atoms with E-state index in [0.717, 1.165) is 16.6 Å². The van der Waals surface area contributed by atoms with Crippen molar-refractivity contribution in [1.29, 1.82) is 0 Å². The van der Waals surface area contributed by atoms with Gasteiger partial charge >= 0.3 is 114 Å². The first-order chi connectivity index (χ1) is 8.81. The molecule has 0 heterocycles. The number of rotatable bonds is 5. The Bertz CT molecular complexity index is 485. The Morgan fingerprint density at radius 1 is 1.06 bits per heavy atom. The van der Waals surface area contributed by atoms with Crippen molar-refractivity contribution in [1.82, 2.24) is 0 Å². The fourth-order valence-corrected chi connectivity index (χ4v) is 3.57. The van der Waals surface area contributed by atoms with Gasteiger partial charge in [-0.3, -0.25) is 0 Å². The maximum absolute atomic E-state index is 10.2. The van der Waals surface area contributed by atoms with Gasteiger partial charge in [0.1, 0.15) is 0 Å². The van der Waals surface area contributed by atoms with Crippen molar-refractivity contribution in [2.45, 2.75) is 11.4 Å². The van der Waals surface area contributed by atoms with Crippen molar-refractivity contribution in [3.8, 4) is 5.75 Å². The van der Waals surface area contributed by atoms with Crippen molar-refractivity contribution < 1.29 is 9.84 Å². The van der Waals surface area contributed by atoms with Crippen LogP contribution in [0.1, 0.15) is 11.7 Å². The molecule has 3 heteroatoms. The van der Waals surface area contributed by atoms with Crippen LogP contribution in [0.2, 0.25) is 5.32 Å². The molecule has 0 aliphatic rings. The van der Waals surface area contributed by atoms with E-state index >= 15 is 0 Å². The molecule has 0 amide bonds. The Morgan fingerprint density at radius 2 is 1.72 bits per heavy atom. The van der Waals surface area contributed by atoms with E-state index in [-0.39, 0.29) is 15.0 Å². The third kappa shape index (κ3) is 3.36. The molecule has 0 aromatic heterocycles. The molecule has 1 N–H and O–H groups in total. The van der Waals surface area contributed by atoms with Gasteiger partial charge in [-0.2, -0.15) is 0 Å². The van der Waals surface area contributed by atoms with Gasteiger partial charge in [-0.15, -0.1) is 0 Å². The van der Waals surface area contributed by atoms with Gasteiger partial charge in [-0.05, 0) is 0 Å². The number of benzene rings is 2. The summed E-state index contributed by atoms with van der Waals surface area (Å²) < 4.78 is 6.57. The molecule has 94 valence electrons. The van der Waals surface area contributed by atoms with Crippen LogP contribution >= 0.6 is 0 Å². The predicted octanol–water partition coefficient (Wildman–Crippen LogP) is 2.18. The molecule has 18 heavy (non-hydrogen) atoms. The number of ether oxygens (including phenoxy) is 1. The van der Waals surface area contributed by atoms with Gasteiger partial charge in [0.25, 0.3) is 0 Å². The zero-order valence-electron chi connectivity index (χ0n) is 10.2. The number of hydrogen-bond acceptors (Lipinski definition) is 2. The van der Waals surface area contributed by atoms with E-state index in [2.05, 4.69) is 12.1 Å². The van der Waals surface area contributed by atoms with Crippen molar-refractivity contribution in [3.63, 3.8) is 0 Å². The molecule has 0 aliphatic carbocycles. The first kappa shape index (κ1) is 13.2. The fourth-order valence-electron chi connectivity index (χ4n) is 1.72. The van der Waals surface area contributed by atoms with Gasteiger partial charge in [0.05, 0.1) is 0 Å². The van der Waals surface area contributed by atoms with Gasteiger partial charge in [-0.25, -0.2) is 0 Å². The standard InChI is InChI=1S/C15H16O2Se/c1-17-15-10-6-5-9-13(15)14(16)11-18-12-7-3-2-4-8-12/h2-10,14,16H,11H2,1H3. The van der Waals surface area contributed by atoms with E-state index in [4.69, 9.17) is 4.74 Å². The van der Waals surface area contributed by atoms with Gasteiger partial charge in [0.2, 0.25) is 0 Å². The van der Waals surface area contributed by atoms with Crippen LogP contribution in [-0.4, -0.2) is 27.2 Å². The molecule has 0 saturated heterocycles. The van der Waals surface area contributed by atoms with E-state index < -0.39 is 6.10 Å². The van der Waals surface area contributed by atoms with Crippen molar-refractivity contribution in [3.05, 3.63) is 60.2 Å². The molecule has 0 bridgehead atoms. The summed E-state index contributed by atoms with van der Waals surface area (Å²) in [6, 6.07) is 17.9. The molecule has 2 rings (SSSR count). The Balaban J connectivity index is 2.01. The van der Waals surface area contributed by atoms with Crippen LogP contribution in [0.3, 0.4) is 0 Å². The van der Waals surface area contributed by atoms with Crippen LogP contribution in [0.15, 0.2) is 54.6 Å². The summed E-state index contributed by atoms with van der Waals surface area (Å²) in [5.74, 6) is 0.758. The van der Waals surface area contributed by atoms with E-state index in [0.29, 0.717) is 0 Å². The summed E-state index contributed by atoms with van der Waals surface area (Å²) >= 11 is 0.279. The van der Waals surface area contributed by atoms with Crippen LogP contribution in [0.5, 0.6) is 5.75 Å². The second kappa shape index (κ2) is 6.60. The third-order valence-electron chi connectivity index (χ3n) is 2.65. The zero-order chi connectivity index (χ0) is 12.8. The minimum atomic E-state index is -0.457. The average Bonchev–Trinajstić information content (AvgIpc) is 2.45. The van der Waals surface area contributed by atoms with Gasteiger partial charge in [-0.1, -0.05) is 0 Å². The third-order valence-corrected chi connectivity index (χ3v) is 4.93. The number of aliphatic hydroxyl groups is 1. The zero-order valence-corrected chi connectivity index (χ0v) is 12.0. The van der Waals surface area contributed by atoms with Crippen LogP contribution in [0.25, 0.3) is 0 Å². The number of para-hydroxylation sites is 1. The molecule has 2 aromatic rings. The molecule has 0 radical (unpaired) electrons. The first-order valence-electron chi connectivity index (χ1n) is 5.80. The summed E-state index contributed by atoms with van der Waals surface area (Å²) in [5.41, 5.74) is 0.873. The van der Waals surface area contributed by atoms with Crippen LogP contribution < -0.4 is 9.20 Å². The van der Waals surface area contributed by atoms with Crippen molar-refractivity contribution in [2.24, 2.45) is 0 Å². The summed E-state index contributed by atoms with van der Waals surface area (Å²) in [7, 11) is 1.63. The number of aliphatic hydroxyl groups excluding tert-OH is 1. The van der Waals surface area contributed by atoms with Crippen molar-refractivity contribution >= 4 is 19.4 Å². The normalized spacial score (nSPS) is 12.1. The first-order valence-corrected chi connectivity index (χ1v) is 7.87. The van der Waals surface area contributed by atoms with E-state index in [9.17, 15) is 5.11 Å². The summed E-state index contributed by atoms with van der Waals surface area (Å²) in [6.45, 7) is 0. The molecule has 2 aromatic carbocycles. The molecule has 0 saturated carbocycles. The maximum atomic E-state index is 10.2. The van der Waals surface area contributed by atoms with E-state index in [1.165, 1.54) is 4.46 Å². The minimum absolute atomic E-state index is 0.279. The van der Waals surface area contributed by atoms with Crippen molar-refractivity contribution in [2.75, 3.05) is 7.11 Å². The topological polar surface area (TPSA) is 29.5 Å². The summed E-state index contributed by atoms with van der Waals surface area (Å²) in [4.78, 5) is 0. The quantitative estimate of drug-likeness (QED) is 0.858. The molecular formula is C15H16O2Se. The Kier molecular flexibility index (Phi) is 4.82. The molecule has 0 spiro atoms. The molecule has 0 aliphatic heterocycles. The second-order valence-corrected chi connectivity index (χ2v) is 6.18. The molecule has 1 unspecified atom stereocenters. The van der Waals surface area contributed by atoms with Gasteiger partial charge in [0.15, 0.2) is 0 Å². The van der Waals surface area contributed by atoms with Crippen LogP contribution in [0.4, 0.5) is 0 Å². The second-order valence-electron chi connectivity index (χ2n) is 3.88. The summed E-state index contributed by atoms with van der Waals surface area (Å²) in [5, 5.41) is 11.0. The monoisotopic (exact) mass is 308 g/mol. The molecule has 2 nitrogen and oxygen atoms in total. The molecule has 1 atom stereocenters. The average molecular weight is 307 g/mol. The fraction of sp³-hybridized carbons (Fsp3) is 0.200. The van der Waals surface area contributed by atoms with Gasteiger partial charge < -0.3 is 0 Å². The summed E-state index contributed by atoms with van der Waals surface area (Å²) in [6.07, 6.45) is -0.457. The molecule has 0 fully saturated rings. The number of hydrogen-bond donors (Lipinski definition) is 1. The SMILES string of the molecule is COc1ccccc1C(O)C[Se]c1ccccc1. The van der Waals surface area contributed by atoms with E-state index in [1.54, 1.807) is 7.11 Å². The molecular weight excluding hydrogens is 291 g/mol. The van der Waals surface area contributed by atoms with Crippen LogP contribution in [-0.2, 0) is 0 Å². The Morgan fingerprint density at radius 3 is 2.44 bits per heavy atom. The Hall–Kier alpha value is -1.28. The predicted molar refractivity (Wildman–Crippen MR) is 74.6 cm³/mol. The van der Waals surface area contributed by atoms with E-state index in [1.807, 2.05) is 42.5 Å².